The molecule has 0 atom stereocenters. The Morgan fingerprint density at radius 1 is 1.50 bits per heavy atom. The predicted octanol–water partition coefficient (Wildman–Crippen LogP) is 1.33. The molecule has 0 unspecified atom stereocenters. The number of aromatic amines is 1. The van der Waals surface area contributed by atoms with E-state index < -0.39 is 0 Å². The number of nitrogen functional groups attached to an aromatic ring is 1. The molecule has 0 radical (unpaired) electrons. The maximum atomic E-state index is 11.7. The lowest BCUT2D eigenvalue weighted by Gasteiger charge is -1.93. The number of nitrogens with one attached hydrogen (secondary N) is 1. The van der Waals surface area contributed by atoms with Gasteiger partial charge in [0.25, 0.3) is 5.56 Å². The summed E-state index contributed by atoms with van der Waals surface area (Å²) in [5.74, 6) is 0. The molecule has 80 valence electrons. The largest absolute Gasteiger partial charge is 0.393 e. The third-order valence-corrected chi connectivity index (χ3v) is 3.21. The van der Waals surface area contributed by atoms with Crippen molar-refractivity contribution >= 4 is 22.7 Å². The average molecular weight is 232 g/mol. The summed E-state index contributed by atoms with van der Waals surface area (Å²) in [7, 11) is 0. The monoisotopic (exact) mass is 232 g/mol. The highest BCUT2D eigenvalue weighted by Crippen LogP contribution is 2.23. The first kappa shape index (κ1) is 9.17. The molecule has 3 rings (SSSR count). The predicted molar refractivity (Wildman–Crippen MR) is 63.5 cm³/mol. The molecule has 3 aromatic rings. The Labute approximate surface area is 94.2 Å². The van der Waals surface area contributed by atoms with Gasteiger partial charge in [0, 0.05) is 6.07 Å². The summed E-state index contributed by atoms with van der Waals surface area (Å²) < 4.78 is 1.35. The van der Waals surface area contributed by atoms with E-state index in [-0.39, 0.29) is 11.2 Å². The minimum atomic E-state index is -0.271. The zero-order valence-corrected chi connectivity index (χ0v) is 8.99. The van der Waals surface area contributed by atoms with Gasteiger partial charge in [0.05, 0.1) is 16.8 Å². The SMILES string of the molecule is Nc1cnc2cc(-c3cccs3)[nH]n2c1=O. The van der Waals surface area contributed by atoms with Crippen LogP contribution in [-0.2, 0) is 0 Å². The van der Waals surface area contributed by atoms with Gasteiger partial charge in [-0.25, -0.2) is 4.98 Å². The Morgan fingerprint density at radius 3 is 3.12 bits per heavy atom. The highest BCUT2D eigenvalue weighted by Gasteiger charge is 2.07. The molecular weight excluding hydrogens is 224 g/mol. The van der Waals surface area contributed by atoms with Gasteiger partial charge < -0.3 is 5.73 Å². The molecule has 0 amide bonds. The molecule has 0 aromatic carbocycles. The van der Waals surface area contributed by atoms with Gasteiger partial charge >= 0.3 is 0 Å². The van der Waals surface area contributed by atoms with E-state index in [0.29, 0.717) is 5.65 Å². The summed E-state index contributed by atoms with van der Waals surface area (Å²) in [5, 5.41) is 4.96. The summed E-state index contributed by atoms with van der Waals surface area (Å²) in [6.07, 6.45) is 1.38. The van der Waals surface area contributed by atoms with Crippen LogP contribution in [0.5, 0.6) is 0 Å². The molecule has 0 bridgehead atoms. The van der Waals surface area contributed by atoms with Crippen LogP contribution >= 0.6 is 11.3 Å². The smallest absolute Gasteiger partial charge is 0.295 e. The van der Waals surface area contributed by atoms with Crippen molar-refractivity contribution in [2.45, 2.75) is 0 Å². The lowest BCUT2D eigenvalue weighted by Crippen LogP contribution is -2.18. The molecule has 0 fully saturated rings. The zero-order valence-electron chi connectivity index (χ0n) is 8.18. The first-order chi connectivity index (χ1) is 7.75. The molecule has 5 nitrogen and oxygen atoms in total. The average Bonchev–Trinajstić information content (AvgIpc) is 2.91. The van der Waals surface area contributed by atoms with Crippen molar-refractivity contribution in [2.24, 2.45) is 0 Å². The maximum absolute atomic E-state index is 11.7. The molecule has 3 aromatic heterocycles. The van der Waals surface area contributed by atoms with E-state index in [4.69, 9.17) is 5.73 Å². The second kappa shape index (κ2) is 3.21. The van der Waals surface area contributed by atoms with Crippen LogP contribution in [0.4, 0.5) is 5.69 Å². The fourth-order valence-corrected chi connectivity index (χ4v) is 2.22. The number of hydrogen-bond donors (Lipinski definition) is 2. The second-order valence-electron chi connectivity index (χ2n) is 3.36. The standard InChI is InChI=1S/C10H8N4OS/c11-6-5-12-9-4-7(8-2-1-3-16-8)13-14(9)10(6)15/h1-5,13H,11H2. The van der Waals surface area contributed by atoms with Crippen LogP contribution in [0.25, 0.3) is 16.2 Å². The van der Waals surface area contributed by atoms with Gasteiger partial charge in [0.1, 0.15) is 5.69 Å². The first-order valence-electron chi connectivity index (χ1n) is 4.66. The van der Waals surface area contributed by atoms with Crippen molar-refractivity contribution in [3.63, 3.8) is 0 Å². The quantitative estimate of drug-likeness (QED) is 0.664. The molecular formula is C10H8N4OS. The number of H-pyrrole nitrogens is 1. The van der Waals surface area contributed by atoms with Gasteiger partial charge in [-0.05, 0) is 11.4 Å². The molecule has 3 heterocycles. The van der Waals surface area contributed by atoms with Crippen LogP contribution in [0, 0.1) is 0 Å². The number of aromatic nitrogens is 3. The van der Waals surface area contributed by atoms with Gasteiger partial charge in [-0.2, -0.15) is 4.52 Å². The summed E-state index contributed by atoms with van der Waals surface area (Å²) in [6.45, 7) is 0. The van der Waals surface area contributed by atoms with Crippen molar-refractivity contribution in [3.05, 3.63) is 40.1 Å². The number of hydrogen-bond acceptors (Lipinski definition) is 4. The van der Waals surface area contributed by atoms with E-state index >= 15 is 0 Å². The Hall–Kier alpha value is -2.08. The third-order valence-electron chi connectivity index (χ3n) is 2.31. The summed E-state index contributed by atoms with van der Waals surface area (Å²) in [4.78, 5) is 16.8. The van der Waals surface area contributed by atoms with Gasteiger partial charge in [-0.3, -0.25) is 9.89 Å². The molecule has 0 saturated heterocycles. The van der Waals surface area contributed by atoms with Crippen LogP contribution in [0.1, 0.15) is 0 Å². The number of nitrogens with two attached hydrogens (primary N) is 1. The Morgan fingerprint density at radius 2 is 2.38 bits per heavy atom. The minimum Gasteiger partial charge on any atom is -0.393 e. The Kier molecular flexibility index (Phi) is 1.84. The number of nitrogens with zero attached hydrogens (tertiary/aromatic N) is 2. The van der Waals surface area contributed by atoms with E-state index in [1.165, 1.54) is 10.7 Å². The minimum absolute atomic E-state index is 0.136. The van der Waals surface area contributed by atoms with Gasteiger partial charge in [0.2, 0.25) is 0 Å². The van der Waals surface area contributed by atoms with Crippen LogP contribution in [0.3, 0.4) is 0 Å². The van der Waals surface area contributed by atoms with Crippen molar-refractivity contribution in [3.8, 4) is 10.6 Å². The fourth-order valence-electron chi connectivity index (χ4n) is 1.53. The van der Waals surface area contributed by atoms with Crippen molar-refractivity contribution < 1.29 is 0 Å². The Balaban J connectivity index is 2.32. The van der Waals surface area contributed by atoms with Crippen molar-refractivity contribution in [1.29, 1.82) is 0 Å². The highest BCUT2D eigenvalue weighted by atomic mass is 32.1. The van der Waals surface area contributed by atoms with E-state index in [9.17, 15) is 4.79 Å². The molecule has 0 aliphatic heterocycles. The van der Waals surface area contributed by atoms with Crippen LogP contribution in [0.15, 0.2) is 34.6 Å². The lowest BCUT2D eigenvalue weighted by molar-refractivity contribution is 0.908. The van der Waals surface area contributed by atoms with Crippen molar-refractivity contribution in [1.82, 2.24) is 14.6 Å². The van der Waals surface area contributed by atoms with Crippen LogP contribution < -0.4 is 11.3 Å². The molecule has 3 N–H and O–H groups in total. The summed E-state index contributed by atoms with van der Waals surface area (Å²) in [5.41, 5.74) is 6.80. The molecule has 16 heavy (non-hydrogen) atoms. The summed E-state index contributed by atoms with van der Waals surface area (Å²) in [6, 6.07) is 5.76. The molecule has 0 spiro atoms. The molecule has 0 saturated carbocycles. The number of rotatable bonds is 1. The zero-order chi connectivity index (χ0) is 11.1. The topological polar surface area (TPSA) is 76.2 Å². The van der Waals surface area contributed by atoms with Crippen LogP contribution in [0.2, 0.25) is 0 Å². The van der Waals surface area contributed by atoms with E-state index in [2.05, 4.69) is 10.1 Å². The van der Waals surface area contributed by atoms with Gasteiger partial charge in [-0.1, -0.05) is 6.07 Å². The normalized spacial score (nSPS) is 11.0. The maximum Gasteiger partial charge on any atom is 0.295 e. The van der Waals surface area contributed by atoms with E-state index in [1.807, 2.05) is 23.6 Å². The summed E-state index contributed by atoms with van der Waals surface area (Å²) >= 11 is 1.60. The van der Waals surface area contributed by atoms with Gasteiger partial charge in [-0.15, -0.1) is 11.3 Å². The fraction of sp³-hybridized carbons (Fsp3) is 0. The number of anilines is 1. The second-order valence-corrected chi connectivity index (χ2v) is 4.31. The molecule has 0 aliphatic carbocycles. The highest BCUT2D eigenvalue weighted by molar-refractivity contribution is 7.13. The molecule has 6 heteroatoms. The van der Waals surface area contributed by atoms with Crippen molar-refractivity contribution in [2.75, 3.05) is 5.73 Å². The third kappa shape index (κ3) is 1.24. The van der Waals surface area contributed by atoms with E-state index in [0.717, 1.165) is 10.6 Å². The lowest BCUT2D eigenvalue weighted by atomic mass is 10.3. The number of fused-ring (bicyclic) bond motifs is 1. The van der Waals surface area contributed by atoms with Crippen LogP contribution in [-0.4, -0.2) is 14.6 Å². The Bertz CT molecular complexity index is 695. The molecule has 0 aliphatic rings. The number of thiophene rings is 1. The van der Waals surface area contributed by atoms with E-state index in [1.54, 1.807) is 11.3 Å². The first-order valence-corrected chi connectivity index (χ1v) is 5.54. The van der Waals surface area contributed by atoms with Gasteiger partial charge in [0.15, 0.2) is 5.65 Å².